The van der Waals surface area contributed by atoms with E-state index in [9.17, 15) is 18.8 Å². The van der Waals surface area contributed by atoms with Crippen molar-refractivity contribution >= 4 is 40.0 Å². The van der Waals surface area contributed by atoms with Crippen molar-refractivity contribution in [2.45, 2.75) is 6.54 Å². The van der Waals surface area contributed by atoms with E-state index in [-0.39, 0.29) is 23.9 Å². The number of amides is 2. The van der Waals surface area contributed by atoms with Gasteiger partial charge < -0.3 is 9.72 Å². The fraction of sp³-hybridized carbons (Fsp3) is 0.0741. The highest BCUT2D eigenvalue weighted by Gasteiger charge is 2.35. The first kappa shape index (κ1) is 22.4. The Kier molecular flexibility index (Phi) is 5.15. The van der Waals surface area contributed by atoms with Gasteiger partial charge in [0.15, 0.2) is 0 Å². The highest BCUT2D eigenvalue weighted by atomic mass is 19.1. The number of ether oxygens (including phenoxy) is 1. The molecule has 0 aliphatic carbocycles. The number of rotatable bonds is 5. The molecule has 2 aromatic heterocycles. The Morgan fingerprint density at radius 2 is 1.78 bits per heavy atom. The molecule has 9 nitrogen and oxygen atoms in total. The minimum absolute atomic E-state index is 0.0102. The van der Waals surface area contributed by atoms with E-state index in [1.54, 1.807) is 48.5 Å². The van der Waals surface area contributed by atoms with Crippen LogP contribution in [0.15, 0.2) is 76.9 Å². The van der Waals surface area contributed by atoms with Crippen molar-refractivity contribution in [3.63, 3.8) is 0 Å². The summed E-state index contributed by atoms with van der Waals surface area (Å²) in [6.07, 6.45) is 2.73. The van der Waals surface area contributed by atoms with Gasteiger partial charge in [-0.05, 0) is 54.1 Å². The van der Waals surface area contributed by atoms with Gasteiger partial charge in [0.05, 0.1) is 31.0 Å². The third-order valence-electron chi connectivity index (χ3n) is 6.29. The average molecular weight is 495 g/mol. The van der Waals surface area contributed by atoms with Crippen LogP contribution in [0.1, 0.15) is 31.8 Å². The first-order valence-electron chi connectivity index (χ1n) is 11.3. The van der Waals surface area contributed by atoms with E-state index in [2.05, 4.69) is 15.1 Å². The molecule has 182 valence electrons. The van der Waals surface area contributed by atoms with Gasteiger partial charge in [-0.2, -0.15) is 9.78 Å². The summed E-state index contributed by atoms with van der Waals surface area (Å²) >= 11 is 0. The number of nitrogens with one attached hydrogen (secondary N) is 1. The molecular formula is C27H18FN5O4. The molecule has 0 saturated heterocycles. The van der Waals surface area contributed by atoms with Gasteiger partial charge in [-0.15, -0.1) is 0 Å². The average Bonchev–Trinajstić information content (AvgIpc) is 3.39. The summed E-state index contributed by atoms with van der Waals surface area (Å²) in [6.45, 7) is 0.0102. The van der Waals surface area contributed by atoms with Crippen molar-refractivity contribution < 1.29 is 18.7 Å². The Labute approximate surface area is 208 Å². The normalized spacial score (nSPS) is 13.3. The van der Waals surface area contributed by atoms with E-state index >= 15 is 0 Å². The summed E-state index contributed by atoms with van der Waals surface area (Å²) in [7, 11) is 1.50. The zero-order chi connectivity index (χ0) is 25.7. The Morgan fingerprint density at radius 3 is 2.51 bits per heavy atom. The highest BCUT2D eigenvalue weighted by Crippen LogP contribution is 2.28. The molecule has 0 fully saturated rings. The Morgan fingerprint density at radius 1 is 1.03 bits per heavy atom. The number of carbonyl (C=O) groups excluding carboxylic acids is 2. The lowest BCUT2D eigenvalue weighted by Gasteiger charge is -2.16. The maximum absolute atomic E-state index is 13.7. The predicted molar refractivity (Wildman–Crippen MR) is 134 cm³/mol. The third kappa shape index (κ3) is 3.66. The fourth-order valence-electron chi connectivity index (χ4n) is 4.48. The number of imide groups is 1. The van der Waals surface area contributed by atoms with E-state index in [4.69, 9.17) is 4.74 Å². The van der Waals surface area contributed by atoms with Gasteiger partial charge in [-0.25, -0.2) is 9.37 Å². The third-order valence-corrected chi connectivity index (χ3v) is 6.29. The summed E-state index contributed by atoms with van der Waals surface area (Å²) in [4.78, 5) is 47.0. The van der Waals surface area contributed by atoms with Gasteiger partial charge in [-0.3, -0.25) is 19.3 Å². The molecule has 0 spiro atoms. The minimum Gasteiger partial charge on any atom is -0.496 e. The van der Waals surface area contributed by atoms with Crippen LogP contribution >= 0.6 is 0 Å². The SMILES string of the molecule is COc1ccc(/C=N\n2cnc3c([nH]c4ccc(F)cc43)c2=O)cc1CN1C(=O)c2ccccc2C1=O. The molecule has 3 heterocycles. The Bertz CT molecular complexity index is 1800. The maximum atomic E-state index is 13.7. The lowest BCUT2D eigenvalue weighted by Crippen LogP contribution is -2.29. The molecule has 0 saturated carbocycles. The molecule has 0 bridgehead atoms. The quantitative estimate of drug-likeness (QED) is 0.295. The van der Waals surface area contributed by atoms with Gasteiger partial charge >= 0.3 is 0 Å². The largest absolute Gasteiger partial charge is 0.496 e. The van der Waals surface area contributed by atoms with Crippen LogP contribution in [0.5, 0.6) is 5.75 Å². The maximum Gasteiger partial charge on any atom is 0.298 e. The van der Waals surface area contributed by atoms with Crippen molar-refractivity contribution in [1.82, 2.24) is 19.5 Å². The van der Waals surface area contributed by atoms with Gasteiger partial charge in [-0.1, -0.05) is 12.1 Å². The van der Waals surface area contributed by atoms with Crippen molar-refractivity contribution in [3.05, 3.63) is 105 Å². The van der Waals surface area contributed by atoms with Crippen LogP contribution in [0, 0.1) is 5.82 Å². The number of carbonyl (C=O) groups is 2. The summed E-state index contributed by atoms with van der Waals surface area (Å²) in [6, 6.07) is 16.0. The van der Waals surface area contributed by atoms with E-state index in [1.807, 2.05) is 0 Å². The van der Waals surface area contributed by atoms with Crippen LogP contribution in [0.2, 0.25) is 0 Å². The lowest BCUT2D eigenvalue weighted by atomic mass is 10.1. The number of nitrogens with zero attached hydrogens (tertiary/aromatic N) is 4. The molecule has 3 aromatic carbocycles. The first-order valence-corrected chi connectivity index (χ1v) is 11.3. The second kappa shape index (κ2) is 8.52. The summed E-state index contributed by atoms with van der Waals surface area (Å²) in [5.74, 6) is -0.662. The van der Waals surface area contributed by atoms with Crippen molar-refractivity contribution in [2.24, 2.45) is 5.10 Å². The van der Waals surface area contributed by atoms with Crippen LogP contribution in [0.4, 0.5) is 4.39 Å². The second-order valence-electron chi connectivity index (χ2n) is 8.49. The monoisotopic (exact) mass is 495 g/mol. The van der Waals surface area contributed by atoms with Gasteiger partial charge in [0.25, 0.3) is 17.4 Å². The topological polar surface area (TPSA) is 110 Å². The smallest absolute Gasteiger partial charge is 0.298 e. The van der Waals surface area contributed by atoms with E-state index in [1.165, 1.54) is 36.7 Å². The number of aromatic amines is 1. The number of methoxy groups -OCH3 is 1. The zero-order valence-electron chi connectivity index (χ0n) is 19.4. The second-order valence-corrected chi connectivity index (χ2v) is 8.49. The molecule has 0 atom stereocenters. The highest BCUT2D eigenvalue weighted by molar-refractivity contribution is 6.21. The number of hydrogen-bond donors (Lipinski definition) is 1. The molecule has 5 aromatic rings. The molecule has 0 radical (unpaired) electrons. The molecule has 1 aliphatic heterocycles. The summed E-state index contributed by atoms with van der Waals surface area (Å²) < 4.78 is 20.2. The number of aromatic nitrogens is 3. The molecule has 10 heteroatoms. The summed E-state index contributed by atoms with van der Waals surface area (Å²) in [5.41, 5.74) is 2.66. The molecule has 1 aliphatic rings. The van der Waals surface area contributed by atoms with Crippen LogP contribution in [0.25, 0.3) is 21.9 Å². The van der Waals surface area contributed by atoms with Crippen LogP contribution in [-0.2, 0) is 6.54 Å². The summed E-state index contributed by atoms with van der Waals surface area (Å²) in [5, 5.41) is 4.75. The minimum atomic E-state index is -0.447. The molecule has 6 rings (SSSR count). The number of fused-ring (bicyclic) bond motifs is 4. The number of benzene rings is 3. The van der Waals surface area contributed by atoms with Gasteiger partial charge in [0.1, 0.15) is 28.9 Å². The number of hydrogen-bond acceptors (Lipinski definition) is 6. The van der Waals surface area contributed by atoms with E-state index in [0.29, 0.717) is 44.4 Å². The van der Waals surface area contributed by atoms with Gasteiger partial charge in [0, 0.05) is 16.5 Å². The lowest BCUT2D eigenvalue weighted by molar-refractivity contribution is 0.0641. The van der Waals surface area contributed by atoms with Crippen molar-refractivity contribution in [1.29, 1.82) is 0 Å². The molecule has 37 heavy (non-hydrogen) atoms. The van der Waals surface area contributed by atoms with E-state index < -0.39 is 11.4 Å². The Balaban J connectivity index is 1.32. The fourth-order valence-corrected chi connectivity index (χ4v) is 4.48. The van der Waals surface area contributed by atoms with Crippen LogP contribution in [-0.4, -0.2) is 44.7 Å². The Hall–Kier alpha value is -5.12. The van der Waals surface area contributed by atoms with Gasteiger partial charge in [0.2, 0.25) is 0 Å². The van der Waals surface area contributed by atoms with Crippen molar-refractivity contribution in [2.75, 3.05) is 7.11 Å². The predicted octanol–water partition coefficient (Wildman–Crippen LogP) is 3.70. The van der Waals surface area contributed by atoms with Crippen molar-refractivity contribution in [3.8, 4) is 5.75 Å². The zero-order valence-corrected chi connectivity index (χ0v) is 19.4. The number of halogens is 1. The molecule has 0 unspecified atom stereocenters. The number of H-pyrrole nitrogens is 1. The molecule has 2 amide bonds. The standard InChI is InChI=1S/C27H18FN5O4/c1-37-22-9-6-15(10-16(22)13-32-25(34)18-4-2-3-5-19(18)26(32)35)12-30-33-14-29-23-20-11-17(28)7-8-21(20)31-24(23)27(33)36/h2-12,14,31H,13H2,1H3/b30-12-. The van der Waals surface area contributed by atoms with E-state index in [0.717, 1.165) is 4.68 Å². The molecular weight excluding hydrogens is 477 g/mol. The van der Waals surface area contributed by atoms with Crippen LogP contribution < -0.4 is 10.3 Å². The van der Waals surface area contributed by atoms with Crippen LogP contribution in [0.3, 0.4) is 0 Å². The molecule has 1 N–H and O–H groups in total. The first-order chi connectivity index (χ1) is 17.9.